The predicted molar refractivity (Wildman–Crippen MR) is 62.0 cm³/mol. The Kier molecular flexibility index (Phi) is 3.20. The van der Waals surface area contributed by atoms with Crippen molar-refractivity contribution in [1.82, 2.24) is 0 Å². The van der Waals surface area contributed by atoms with Crippen LogP contribution in [0.5, 0.6) is 0 Å². The lowest BCUT2D eigenvalue weighted by atomic mass is 9.95. The molecule has 0 spiro atoms. The zero-order valence-corrected chi connectivity index (χ0v) is 9.33. The Hall–Kier alpha value is -1.11. The molecule has 0 fully saturated rings. The summed E-state index contributed by atoms with van der Waals surface area (Å²) in [5.41, 5.74) is 3.05. The molecule has 0 amide bonds. The quantitative estimate of drug-likeness (QED) is 0.730. The minimum atomic E-state index is 0.321. The van der Waals surface area contributed by atoms with Gasteiger partial charge in [0.15, 0.2) is 0 Å². The lowest BCUT2D eigenvalue weighted by Crippen LogP contribution is -1.96. The zero-order chi connectivity index (χ0) is 10.7. The first-order valence-electron chi connectivity index (χ1n) is 5.84. The van der Waals surface area contributed by atoms with Gasteiger partial charge in [0.2, 0.25) is 0 Å². The number of Topliss-reactive ketones (excluding diaryl/α,β-unsaturated/α-hetero) is 1. The maximum absolute atomic E-state index is 10.9. The Labute approximate surface area is 91.5 Å². The van der Waals surface area contributed by atoms with Gasteiger partial charge >= 0.3 is 0 Å². The molecule has 2 rings (SSSR count). The van der Waals surface area contributed by atoms with Crippen LogP contribution >= 0.6 is 0 Å². The van der Waals surface area contributed by atoms with Crippen molar-refractivity contribution in [3.63, 3.8) is 0 Å². The molecule has 1 atom stereocenters. The van der Waals surface area contributed by atoms with Gasteiger partial charge in [0.25, 0.3) is 0 Å². The van der Waals surface area contributed by atoms with Crippen LogP contribution in [0.4, 0.5) is 0 Å². The van der Waals surface area contributed by atoms with Gasteiger partial charge in [-0.1, -0.05) is 24.3 Å². The summed E-state index contributed by atoms with van der Waals surface area (Å²) in [7, 11) is 0. The van der Waals surface area contributed by atoms with Gasteiger partial charge in [-0.15, -0.1) is 0 Å². The van der Waals surface area contributed by atoms with Crippen LogP contribution in [0.3, 0.4) is 0 Å². The van der Waals surface area contributed by atoms with Crippen LogP contribution < -0.4 is 0 Å². The number of carbonyl (C=O) groups excluding carboxylic acids is 1. The molecule has 1 aliphatic carbocycles. The van der Waals surface area contributed by atoms with E-state index in [1.165, 1.54) is 30.4 Å². The summed E-state index contributed by atoms with van der Waals surface area (Å²) in [6, 6.07) is 8.74. The monoisotopic (exact) mass is 202 g/mol. The third-order valence-corrected chi connectivity index (χ3v) is 3.34. The van der Waals surface area contributed by atoms with E-state index in [4.69, 9.17) is 0 Å². The smallest absolute Gasteiger partial charge is 0.129 e. The SMILES string of the molecule is CC(=O)CCC[C@H]1CCc2ccccc21. The van der Waals surface area contributed by atoms with Gasteiger partial charge in [-0.05, 0) is 49.7 Å². The van der Waals surface area contributed by atoms with Gasteiger partial charge in [0.1, 0.15) is 5.78 Å². The number of fused-ring (bicyclic) bond motifs is 1. The summed E-state index contributed by atoms with van der Waals surface area (Å²) in [4.78, 5) is 10.9. The van der Waals surface area contributed by atoms with Gasteiger partial charge < -0.3 is 4.79 Å². The highest BCUT2D eigenvalue weighted by Crippen LogP contribution is 2.36. The Balaban J connectivity index is 1.93. The van der Waals surface area contributed by atoms with E-state index in [-0.39, 0.29) is 0 Å². The molecule has 0 heterocycles. The van der Waals surface area contributed by atoms with E-state index in [9.17, 15) is 4.79 Å². The van der Waals surface area contributed by atoms with Gasteiger partial charge in [-0.2, -0.15) is 0 Å². The van der Waals surface area contributed by atoms with E-state index in [0.717, 1.165) is 12.8 Å². The van der Waals surface area contributed by atoms with Crippen molar-refractivity contribution in [2.45, 2.75) is 44.9 Å². The molecule has 1 aromatic rings. The maximum atomic E-state index is 10.9. The van der Waals surface area contributed by atoms with Gasteiger partial charge in [-0.25, -0.2) is 0 Å². The van der Waals surface area contributed by atoms with E-state index < -0.39 is 0 Å². The van der Waals surface area contributed by atoms with E-state index in [0.29, 0.717) is 11.7 Å². The van der Waals surface area contributed by atoms with Crippen molar-refractivity contribution in [1.29, 1.82) is 0 Å². The molecule has 15 heavy (non-hydrogen) atoms. The molecule has 0 aromatic heterocycles. The Bertz CT molecular complexity index is 354. The number of hydrogen-bond acceptors (Lipinski definition) is 1. The summed E-state index contributed by atoms with van der Waals surface area (Å²) in [6.45, 7) is 1.68. The average molecular weight is 202 g/mol. The molecule has 0 N–H and O–H groups in total. The highest BCUT2D eigenvalue weighted by atomic mass is 16.1. The topological polar surface area (TPSA) is 17.1 Å². The fourth-order valence-electron chi connectivity index (χ4n) is 2.54. The number of aryl methyl sites for hydroxylation is 1. The largest absolute Gasteiger partial charge is 0.300 e. The Morgan fingerprint density at radius 1 is 1.40 bits per heavy atom. The molecule has 80 valence electrons. The summed E-state index contributed by atoms with van der Waals surface area (Å²) in [6.07, 6.45) is 5.47. The van der Waals surface area contributed by atoms with Crippen molar-refractivity contribution in [2.24, 2.45) is 0 Å². The van der Waals surface area contributed by atoms with E-state index in [2.05, 4.69) is 24.3 Å². The molecule has 0 saturated carbocycles. The van der Waals surface area contributed by atoms with Crippen LogP contribution in [0.15, 0.2) is 24.3 Å². The number of carbonyl (C=O) groups is 1. The molecule has 1 nitrogen and oxygen atoms in total. The average Bonchev–Trinajstić information content (AvgIpc) is 2.62. The maximum Gasteiger partial charge on any atom is 0.129 e. The summed E-state index contributed by atoms with van der Waals surface area (Å²) >= 11 is 0. The van der Waals surface area contributed by atoms with Crippen molar-refractivity contribution in [3.8, 4) is 0 Å². The molecule has 0 saturated heterocycles. The third-order valence-electron chi connectivity index (χ3n) is 3.34. The molecule has 1 aromatic carbocycles. The predicted octanol–water partition coefficient (Wildman–Crippen LogP) is 3.48. The summed E-state index contributed by atoms with van der Waals surface area (Å²) in [5, 5.41) is 0. The lowest BCUT2D eigenvalue weighted by Gasteiger charge is -2.10. The normalized spacial score (nSPS) is 18.9. The minimum Gasteiger partial charge on any atom is -0.300 e. The van der Waals surface area contributed by atoms with E-state index in [1.807, 2.05) is 0 Å². The van der Waals surface area contributed by atoms with Crippen molar-refractivity contribution in [2.75, 3.05) is 0 Å². The molecule has 1 aliphatic rings. The van der Waals surface area contributed by atoms with Crippen LogP contribution in [0, 0.1) is 0 Å². The summed E-state index contributed by atoms with van der Waals surface area (Å²) < 4.78 is 0. The highest BCUT2D eigenvalue weighted by Gasteiger charge is 2.21. The molecule has 0 aliphatic heterocycles. The second-order valence-corrected chi connectivity index (χ2v) is 4.53. The number of rotatable bonds is 4. The number of hydrogen-bond donors (Lipinski definition) is 0. The van der Waals surface area contributed by atoms with Crippen molar-refractivity contribution >= 4 is 5.78 Å². The summed E-state index contributed by atoms with van der Waals surface area (Å²) in [5.74, 6) is 1.03. The molecule has 0 unspecified atom stereocenters. The fraction of sp³-hybridized carbons (Fsp3) is 0.500. The lowest BCUT2D eigenvalue weighted by molar-refractivity contribution is -0.117. The molecular formula is C14H18O. The standard InChI is InChI=1S/C14H18O/c1-11(15)5-4-7-13-10-9-12-6-2-3-8-14(12)13/h2-3,6,8,13H,4-5,7,9-10H2,1H3/t13-/m0/s1. The van der Waals surface area contributed by atoms with Crippen LogP contribution in [-0.4, -0.2) is 5.78 Å². The second-order valence-electron chi connectivity index (χ2n) is 4.53. The van der Waals surface area contributed by atoms with E-state index >= 15 is 0 Å². The third kappa shape index (κ3) is 2.47. The van der Waals surface area contributed by atoms with Crippen LogP contribution in [0.25, 0.3) is 0 Å². The number of ketones is 1. The fourth-order valence-corrected chi connectivity index (χ4v) is 2.54. The van der Waals surface area contributed by atoms with Crippen LogP contribution in [-0.2, 0) is 11.2 Å². The van der Waals surface area contributed by atoms with Crippen molar-refractivity contribution in [3.05, 3.63) is 35.4 Å². The first-order valence-corrected chi connectivity index (χ1v) is 5.84. The van der Waals surface area contributed by atoms with Gasteiger partial charge in [-0.3, -0.25) is 0 Å². The first kappa shape index (κ1) is 10.4. The molecule has 0 radical (unpaired) electrons. The zero-order valence-electron chi connectivity index (χ0n) is 9.33. The Morgan fingerprint density at radius 3 is 3.00 bits per heavy atom. The number of benzene rings is 1. The van der Waals surface area contributed by atoms with Crippen molar-refractivity contribution < 1.29 is 4.79 Å². The molecule has 0 bridgehead atoms. The van der Waals surface area contributed by atoms with Gasteiger partial charge in [0, 0.05) is 6.42 Å². The van der Waals surface area contributed by atoms with E-state index in [1.54, 1.807) is 6.92 Å². The van der Waals surface area contributed by atoms with Gasteiger partial charge in [0.05, 0.1) is 0 Å². The Morgan fingerprint density at radius 2 is 2.20 bits per heavy atom. The second kappa shape index (κ2) is 4.61. The molecule has 1 heteroatoms. The van der Waals surface area contributed by atoms with Crippen LogP contribution in [0.2, 0.25) is 0 Å². The molecular weight excluding hydrogens is 184 g/mol. The highest BCUT2D eigenvalue weighted by molar-refractivity contribution is 5.75. The first-order chi connectivity index (χ1) is 7.27. The minimum absolute atomic E-state index is 0.321. The van der Waals surface area contributed by atoms with Crippen LogP contribution in [0.1, 0.15) is 49.7 Å².